The molecule has 0 radical (unpaired) electrons. The molecule has 0 saturated carbocycles. The van der Waals surface area contributed by atoms with Gasteiger partial charge in [-0.15, -0.1) is 0 Å². The van der Waals surface area contributed by atoms with E-state index in [0.29, 0.717) is 36.0 Å². The van der Waals surface area contributed by atoms with Crippen LogP contribution in [0.1, 0.15) is 19.5 Å². The van der Waals surface area contributed by atoms with E-state index in [4.69, 9.17) is 10.5 Å². The van der Waals surface area contributed by atoms with Crippen molar-refractivity contribution < 1.29 is 17.9 Å². The van der Waals surface area contributed by atoms with E-state index in [1.165, 1.54) is 17.4 Å². The van der Waals surface area contributed by atoms with Gasteiger partial charge >= 0.3 is 6.18 Å². The lowest BCUT2D eigenvalue weighted by molar-refractivity contribution is -0.141. The number of morpholine rings is 1. The van der Waals surface area contributed by atoms with Gasteiger partial charge in [0.2, 0.25) is 0 Å². The second-order valence-electron chi connectivity index (χ2n) is 8.09. The van der Waals surface area contributed by atoms with Crippen LogP contribution in [0.4, 0.5) is 24.1 Å². The highest BCUT2D eigenvalue weighted by Crippen LogP contribution is 2.35. The number of rotatable bonds is 5. The molecule has 1 saturated heterocycles. The monoisotopic (exact) mass is 451 g/mol. The molecule has 1 aromatic carbocycles. The number of halogens is 3. The van der Waals surface area contributed by atoms with E-state index in [1.807, 2.05) is 18.2 Å². The van der Waals surface area contributed by atoms with Crippen molar-refractivity contribution in [2.24, 2.45) is 0 Å². The Balaban J connectivity index is 1.67. The number of pyridine rings is 1. The molecule has 6 nitrogen and oxygen atoms in total. The number of alkyl halides is 3. The molecule has 2 aromatic heterocycles. The largest absolute Gasteiger partial charge is 0.433 e. The van der Waals surface area contributed by atoms with Gasteiger partial charge in [0.15, 0.2) is 5.13 Å². The molecular weight excluding hydrogens is 427 g/mol. The highest BCUT2D eigenvalue weighted by atomic mass is 32.1. The molecule has 1 aliphatic rings. The van der Waals surface area contributed by atoms with Gasteiger partial charge in [-0.3, -0.25) is 4.90 Å². The Morgan fingerprint density at radius 1 is 1.13 bits per heavy atom. The van der Waals surface area contributed by atoms with E-state index >= 15 is 0 Å². The summed E-state index contributed by atoms with van der Waals surface area (Å²) in [6.07, 6.45) is -4.53. The third kappa shape index (κ3) is 4.76. The number of benzene rings is 1. The van der Waals surface area contributed by atoms with E-state index in [0.717, 1.165) is 29.4 Å². The molecule has 31 heavy (non-hydrogen) atoms. The minimum absolute atomic E-state index is 0.193. The zero-order valence-electron chi connectivity index (χ0n) is 17.3. The summed E-state index contributed by atoms with van der Waals surface area (Å²) in [4.78, 5) is 10.5. The van der Waals surface area contributed by atoms with Gasteiger partial charge in [-0.1, -0.05) is 17.4 Å². The molecule has 4 rings (SSSR count). The maximum atomic E-state index is 13.3. The molecule has 0 unspecified atom stereocenters. The zero-order valence-corrected chi connectivity index (χ0v) is 18.1. The van der Waals surface area contributed by atoms with E-state index < -0.39 is 11.9 Å². The number of nitrogen functional groups attached to an aromatic ring is 1. The fourth-order valence-electron chi connectivity index (χ4n) is 3.68. The molecule has 3 N–H and O–H groups in total. The van der Waals surface area contributed by atoms with Crippen LogP contribution < -0.4 is 11.1 Å². The summed E-state index contributed by atoms with van der Waals surface area (Å²) in [5.41, 5.74) is 6.59. The topological polar surface area (TPSA) is 76.3 Å². The summed E-state index contributed by atoms with van der Waals surface area (Å²) in [7, 11) is 0. The number of nitrogens with one attached hydrogen (secondary N) is 1. The number of hydrogen-bond donors (Lipinski definition) is 2. The van der Waals surface area contributed by atoms with Gasteiger partial charge in [0, 0.05) is 30.7 Å². The summed E-state index contributed by atoms with van der Waals surface area (Å²) in [5, 5.41) is 3.63. The fourth-order valence-corrected chi connectivity index (χ4v) is 4.39. The maximum absolute atomic E-state index is 13.3. The van der Waals surface area contributed by atoms with Gasteiger partial charge in [-0.2, -0.15) is 13.2 Å². The molecule has 0 atom stereocenters. The summed E-state index contributed by atoms with van der Waals surface area (Å²) in [6.45, 7) is 7.39. The van der Waals surface area contributed by atoms with Gasteiger partial charge in [-0.05, 0) is 43.7 Å². The Morgan fingerprint density at radius 2 is 1.87 bits per heavy atom. The molecule has 1 fully saturated rings. The van der Waals surface area contributed by atoms with Crippen LogP contribution in [0.15, 0.2) is 30.3 Å². The van der Waals surface area contributed by atoms with Crippen LogP contribution in [0.3, 0.4) is 0 Å². The quantitative estimate of drug-likeness (QED) is 0.596. The fraction of sp³-hybridized carbons (Fsp3) is 0.429. The Morgan fingerprint density at radius 3 is 2.58 bits per heavy atom. The second kappa shape index (κ2) is 8.25. The Labute approximate surface area is 182 Å². The summed E-state index contributed by atoms with van der Waals surface area (Å²) < 4.78 is 46.4. The van der Waals surface area contributed by atoms with E-state index in [1.54, 1.807) is 0 Å². The molecule has 0 aliphatic carbocycles. The summed E-state index contributed by atoms with van der Waals surface area (Å²) in [5.74, 6) is 0.193. The van der Waals surface area contributed by atoms with Crippen molar-refractivity contribution in [2.75, 3.05) is 43.9 Å². The predicted molar refractivity (Wildman–Crippen MR) is 117 cm³/mol. The third-order valence-corrected chi connectivity index (χ3v) is 6.32. The van der Waals surface area contributed by atoms with Crippen molar-refractivity contribution >= 4 is 32.5 Å². The van der Waals surface area contributed by atoms with Crippen LogP contribution in [0, 0.1) is 0 Å². The first-order valence-corrected chi connectivity index (χ1v) is 10.8. The molecule has 3 aromatic rings. The van der Waals surface area contributed by atoms with Crippen LogP contribution >= 0.6 is 11.3 Å². The smallest absolute Gasteiger partial charge is 0.379 e. The van der Waals surface area contributed by atoms with E-state index in [-0.39, 0.29) is 11.4 Å². The van der Waals surface area contributed by atoms with Gasteiger partial charge < -0.3 is 15.8 Å². The van der Waals surface area contributed by atoms with Gasteiger partial charge in [0.25, 0.3) is 0 Å². The first-order valence-electron chi connectivity index (χ1n) is 9.95. The van der Waals surface area contributed by atoms with Crippen LogP contribution in [-0.2, 0) is 10.9 Å². The number of fused-ring (bicyclic) bond motifs is 1. The van der Waals surface area contributed by atoms with E-state index in [2.05, 4.69) is 34.0 Å². The Hall–Kier alpha value is -2.43. The molecule has 166 valence electrons. The predicted octanol–water partition coefficient (Wildman–Crippen LogP) is 4.48. The van der Waals surface area contributed by atoms with Crippen molar-refractivity contribution in [1.82, 2.24) is 14.9 Å². The normalized spacial score (nSPS) is 16.0. The van der Waals surface area contributed by atoms with Gasteiger partial charge in [0.1, 0.15) is 11.5 Å². The number of anilines is 2. The average Bonchev–Trinajstić information content (AvgIpc) is 3.11. The Bertz CT molecular complexity index is 1080. The number of thiazole rings is 1. The number of nitrogens with zero attached hydrogens (tertiary/aromatic N) is 3. The minimum Gasteiger partial charge on any atom is -0.379 e. The van der Waals surface area contributed by atoms with Crippen molar-refractivity contribution in [1.29, 1.82) is 0 Å². The van der Waals surface area contributed by atoms with Crippen LogP contribution in [0.5, 0.6) is 0 Å². The lowest BCUT2D eigenvalue weighted by atomic mass is 10.0. The highest BCUT2D eigenvalue weighted by Gasteiger charge is 2.34. The van der Waals surface area contributed by atoms with Crippen molar-refractivity contribution in [3.8, 4) is 11.1 Å². The minimum atomic E-state index is -4.53. The third-order valence-electron chi connectivity index (χ3n) is 5.46. The van der Waals surface area contributed by atoms with Crippen LogP contribution in [-0.4, -0.2) is 53.3 Å². The molecule has 0 amide bonds. The van der Waals surface area contributed by atoms with Crippen molar-refractivity contribution in [3.05, 3.63) is 36.0 Å². The lowest BCUT2D eigenvalue weighted by Crippen LogP contribution is -2.53. The number of ether oxygens (including phenoxy) is 1. The summed E-state index contributed by atoms with van der Waals surface area (Å²) >= 11 is 1.37. The zero-order chi connectivity index (χ0) is 22.2. The molecular formula is C21H24F3N5OS. The molecule has 1 aliphatic heterocycles. The lowest BCUT2D eigenvalue weighted by Gasteiger charge is -2.41. The van der Waals surface area contributed by atoms with Crippen molar-refractivity contribution in [2.45, 2.75) is 25.6 Å². The maximum Gasteiger partial charge on any atom is 0.433 e. The molecule has 0 spiro atoms. The number of aromatic nitrogens is 2. The first-order chi connectivity index (χ1) is 14.6. The standard InChI is InChI=1S/C21H24F3N5OS/c1-20(2,29-7-9-30-10-8-29)12-26-18-14(4-6-17(28-18)21(22,23)24)13-3-5-16-15(11-13)27-19(25)31-16/h3-6,11H,7-10,12H2,1-2H3,(H2,25,27)(H,26,28). The highest BCUT2D eigenvalue weighted by molar-refractivity contribution is 7.22. The second-order valence-corrected chi connectivity index (χ2v) is 9.15. The van der Waals surface area contributed by atoms with Crippen molar-refractivity contribution in [3.63, 3.8) is 0 Å². The van der Waals surface area contributed by atoms with Gasteiger partial charge in [0.05, 0.1) is 23.4 Å². The first kappa shape index (κ1) is 21.8. The van der Waals surface area contributed by atoms with Crippen LogP contribution in [0.25, 0.3) is 21.3 Å². The number of nitrogens with two attached hydrogens (primary N) is 1. The molecule has 3 heterocycles. The summed E-state index contributed by atoms with van der Waals surface area (Å²) in [6, 6.07) is 8.01. The molecule has 0 bridgehead atoms. The van der Waals surface area contributed by atoms with E-state index in [9.17, 15) is 13.2 Å². The van der Waals surface area contributed by atoms with Gasteiger partial charge in [-0.25, -0.2) is 9.97 Å². The molecule has 10 heteroatoms. The van der Waals surface area contributed by atoms with Crippen LogP contribution in [0.2, 0.25) is 0 Å². The average molecular weight is 452 g/mol. The SMILES string of the molecule is CC(C)(CNc1nc(C(F)(F)F)ccc1-c1ccc2sc(N)nc2c1)N1CCOCC1. The number of hydrogen-bond acceptors (Lipinski definition) is 7. The Kier molecular flexibility index (Phi) is 5.80.